The first kappa shape index (κ1) is 39.1. The molecule has 0 radical (unpaired) electrons. The summed E-state index contributed by atoms with van der Waals surface area (Å²) in [6.45, 7) is 2.10. The molecular formula is C42H26F12O. The third-order valence-electron chi connectivity index (χ3n) is 8.89. The van der Waals surface area contributed by atoms with Crippen LogP contribution in [0.4, 0.5) is 52.7 Å². The molecule has 0 aromatic heterocycles. The van der Waals surface area contributed by atoms with Gasteiger partial charge in [0.15, 0.2) is 5.82 Å². The van der Waals surface area contributed by atoms with Crippen molar-refractivity contribution in [1.82, 2.24) is 0 Å². The molecule has 13 heteroatoms. The summed E-state index contributed by atoms with van der Waals surface area (Å²) in [4.78, 5) is 0. The predicted molar refractivity (Wildman–Crippen MR) is 184 cm³/mol. The van der Waals surface area contributed by atoms with Gasteiger partial charge in [-0.05, 0) is 94.4 Å². The summed E-state index contributed by atoms with van der Waals surface area (Å²) in [7, 11) is 0. The number of hydrogen-bond acceptors (Lipinski definition) is 1. The van der Waals surface area contributed by atoms with Gasteiger partial charge in [-0.1, -0.05) is 56.4 Å². The van der Waals surface area contributed by atoms with Crippen LogP contribution in [0.25, 0.3) is 43.8 Å². The van der Waals surface area contributed by atoms with E-state index in [0.717, 1.165) is 61.9 Å². The molecule has 0 N–H and O–H groups in total. The van der Waals surface area contributed by atoms with E-state index in [9.17, 15) is 22.0 Å². The smallest absolute Gasteiger partial charge is 0.429 e. The predicted octanol–water partition coefficient (Wildman–Crippen LogP) is 13.5. The van der Waals surface area contributed by atoms with Crippen LogP contribution in [0.1, 0.15) is 49.3 Å². The van der Waals surface area contributed by atoms with Crippen LogP contribution in [0.5, 0.6) is 5.75 Å². The number of hydrogen-bond donors (Lipinski definition) is 0. The van der Waals surface area contributed by atoms with Gasteiger partial charge in [-0.25, -0.2) is 30.7 Å². The van der Waals surface area contributed by atoms with Crippen molar-refractivity contribution < 1.29 is 57.4 Å². The molecular weight excluding hydrogens is 748 g/mol. The van der Waals surface area contributed by atoms with Crippen molar-refractivity contribution in [3.63, 3.8) is 0 Å². The van der Waals surface area contributed by atoms with Gasteiger partial charge in [0.2, 0.25) is 0 Å². The standard InChI is InChI=1S/C42H26F12O/c1-2-3-4-5-6-22-7-9-23(10-8-22)24-15-26-20-35(47)38(40(49)37(26)33(45)17-24)42(53,54)55-28-11-12-29(32(44)21-28)25-16-27-19-31(43)30(13-14-41(50,51)52)39(48)36(27)34(46)18-25/h7-12,15-21H,2-6H2,1H3. The zero-order valence-electron chi connectivity index (χ0n) is 28.5. The molecule has 55 heavy (non-hydrogen) atoms. The molecule has 0 saturated carbocycles. The van der Waals surface area contributed by atoms with Gasteiger partial charge < -0.3 is 4.74 Å². The van der Waals surface area contributed by atoms with Crippen LogP contribution < -0.4 is 4.74 Å². The summed E-state index contributed by atoms with van der Waals surface area (Å²) < 4.78 is 179. The Labute approximate surface area is 306 Å². The van der Waals surface area contributed by atoms with Crippen LogP contribution in [-0.4, -0.2) is 6.18 Å². The molecule has 0 heterocycles. The minimum atomic E-state index is -5.10. The maximum atomic E-state index is 15.6. The minimum Gasteiger partial charge on any atom is -0.429 e. The van der Waals surface area contributed by atoms with Crippen molar-refractivity contribution in [2.75, 3.05) is 0 Å². The van der Waals surface area contributed by atoms with Crippen molar-refractivity contribution in [3.8, 4) is 39.8 Å². The summed E-state index contributed by atoms with van der Waals surface area (Å²) in [6.07, 6.45) is -4.82. The third kappa shape index (κ3) is 8.23. The molecule has 0 fully saturated rings. The summed E-state index contributed by atoms with van der Waals surface area (Å²) in [5.74, 6) is -10.1. The monoisotopic (exact) mass is 774 g/mol. The van der Waals surface area contributed by atoms with Gasteiger partial charge >= 0.3 is 12.3 Å². The summed E-state index contributed by atoms with van der Waals surface area (Å²) in [6, 6.07) is 13.6. The van der Waals surface area contributed by atoms with Crippen molar-refractivity contribution in [1.29, 1.82) is 0 Å². The van der Waals surface area contributed by atoms with Gasteiger partial charge in [-0.15, -0.1) is 0 Å². The number of unbranched alkanes of at least 4 members (excludes halogenated alkanes) is 3. The van der Waals surface area contributed by atoms with Crippen LogP contribution in [0, 0.1) is 52.6 Å². The molecule has 1 nitrogen and oxygen atoms in total. The molecule has 6 rings (SSSR count). The largest absolute Gasteiger partial charge is 0.458 e. The van der Waals surface area contributed by atoms with Crippen LogP contribution in [0.2, 0.25) is 0 Å². The molecule has 0 amide bonds. The first-order chi connectivity index (χ1) is 26.0. The Morgan fingerprint density at radius 2 is 1.18 bits per heavy atom. The second kappa shape index (κ2) is 15.2. The molecule has 0 aliphatic carbocycles. The molecule has 0 aliphatic rings. The number of ether oxygens (including phenoxy) is 1. The van der Waals surface area contributed by atoms with E-state index in [4.69, 9.17) is 0 Å². The maximum absolute atomic E-state index is 15.6. The normalized spacial score (nSPS) is 11.9. The summed E-state index contributed by atoms with van der Waals surface area (Å²) in [5, 5.41) is -2.79. The van der Waals surface area contributed by atoms with Gasteiger partial charge in [-0.2, -0.15) is 22.0 Å². The molecule has 0 bridgehead atoms. The molecule has 0 unspecified atom stereocenters. The van der Waals surface area contributed by atoms with E-state index >= 15 is 30.7 Å². The fourth-order valence-corrected chi connectivity index (χ4v) is 6.27. The second-order valence-corrected chi connectivity index (χ2v) is 12.7. The zero-order chi connectivity index (χ0) is 39.8. The molecule has 284 valence electrons. The lowest BCUT2D eigenvalue weighted by atomic mass is 9.97. The fraction of sp³-hybridized carbons (Fsp3) is 0.190. The van der Waals surface area contributed by atoms with E-state index in [1.54, 1.807) is 12.1 Å². The quantitative estimate of drug-likeness (QED) is 0.0765. The Morgan fingerprint density at radius 1 is 0.564 bits per heavy atom. The molecule has 6 aromatic carbocycles. The maximum Gasteiger partial charge on any atom is 0.458 e. The Balaban J connectivity index is 1.27. The number of alkyl halides is 5. The Morgan fingerprint density at radius 3 is 1.82 bits per heavy atom. The number of halogens is 12. The van der Waals surface area contributed by atoms with E-state index in [1.807, 2.05) is 12.1 Å². The average Bonchev–Trinajstić information content (AvgIpc) is 3.08. The topological polar surface area (TPSA) is 9.23 Å². The number of benzene rings is 6. The number of rotatable bonds is 10. The molecule has 0 spiro atoms. The van der Waals surface area contributed by atoms with Crippen LogP contribution in [-0.2, 0) is 12.5 Å². The minimum absolute atomic E-state index is 0.245. The van der Waals surface area contributed by atoms with E-state index in [-0.39, 0.29) is 16.5 Å². The lowest BCUT2D eigenvalue weighted by molar-refractivity contribution is -0.189. The molecule has 0 atom stereocenters. The lowest BCUT2D eigenvalue weighted by Gasteiger charge is -2.21. The van der Waals surface area contributed by atoms with E-state index < -0.39 is 91.6 Å². The molecule has 0 saturated heterocycles. The SMILES string of the molecule is CCCCCCc1ccc(-c2cc(F)c3c(F)c(C(F)(F)Oc4ccc(-c5cc(F)c6c(F)c(C#CC(F)(F)F)c(F)cc6c5)c(F)c4)c(F)cc3c2)cc1. The highest BCUT2D eigenvalue weighted by Gasteiger charge is 2.42. The first-order valence-corrected chi connectivity index (χ1v) is 16.8. The summed E-state index contributed by atoms with van der Waals surface area (Å²) >= 11 is 0. The van der Waals surface area contributed by atoms with E-state index in [2.05, 4.69) is 11.7 Å². The van der Waals surface area contributed by atoms with Crippen molar-refractivity contribution in [2.45, 2.75) is 51.3 Å². The average molecular weight is 775 g/mol. The van der Waals surface area contributed by atoms with Gasteiger partial charge in [0.25, 0.3) is 0 Å². The van der Waals surface area contributed by atoms with Gasteiger partial charge in [0.05, 0.1) is 16.3 Å². The van der Waals surface area contributed by atoms with Crippen molar-refractivity contribution in [3.05, 3.63) is 136 Å². The second-order valence-electron chi connectivity index (χ2n) is 12.7. The van der Waals surface area contributed by atoms with Gasteiger partial charge in [-0.3, -0.25) is 0 Å². The highest BCUT2D eigenvalue weighted by Crippen LogP contribution is 2.41. The Hall–Kier alpha value is -5.64. The third-order valence-corrected chi connectivity index (χ3v) is 8.89. The van der Waals surface area contributed by atoms with Crippen LogP contribution in [0.15, 0.2) is 78.9 Å². The molecule has 6 aromatic rings. The van der Waals surface area contributed by atoms with Gasteiger partial charge in [0, 0.05) is 17.6 Å². The zero-order valence-corrected chi connectivity index (χ0v) is 28.5. The Bertz CT molecular complexity index is 2490. The van der Waals surface area contributed by atoms with Crippen molar-refractivity contribution in [2.24, 2.45) is 0 Å². The lowest BCUT2D eigenvalue weighted by Crippen LogP contribution is -2.25. The first-order valence-electron chi connectivity index (χ1n) is 16.8. The molecule has 0 aliphatic heterocycles. The van der Waals surface area contributed by atoms with Crippen LogP contribution >= 0.6 is 0 Å². The van der Waals surface area contributed by atoms with E-state index in [1.165, 1.54) is 12.0 Å². The summed E-state index contributed by atoms with van der Waals surface area (Å²) in [5.41, 5.74) is -2.39. The van der Waals surface area contributed by atoms with E-state index in [0.29, 0.717) is 35.7 Å². The number of fused-ring (bicyclic) bond motifs is 2. The van der Waals surface area contributed by atoms with Crippen molar-refractivity contribution >= 4 is 21.5 Å². The number of aryl methyl sites for hydroxylation is 1. The fourth-order valence-electron chi connectivity index (χ4n) is 6.27. The van der Waals surface area contributed by atoms with Gasteiger partial charge in [0.1, 0.15) is 46.2 Å². The highest BCUT2D eigenvalue weighted by atomic mass is 19.4. The highest BCUT2D eigenvalue weighted by molar-refractivity contribution is 5.91. The van der Waals surface area contributed by atoms with Crippen LogP contribution in [0.3, 0.4) is 0 Å². The Kier molecular flexibility index (Phi) is 10.8.